The van der Waals surface area contributed by atoms with E-state index < -0.39 is 67.4 Å². The molecular weight excluding hydrogens is 1070 g/mol. The van der Waals surface area contributed by atoms with Gasteiger partial charge in [0.05, 0.1) is 25.4 Å². The van der Waals surface area contributed by atoms with Gasteiger partial charge in [0.2, 0.25) is 5.91 Å². The molecular formula is C75H141NO10. The number of aliphatic hydroxyl groups excluding tert-OH is 5. The summed E-state index contributed by atoms with van der Waals surface area (Å²) in [4.78, 5) is 26.7. The van der Waals surface area contributed by atoms with Gasteiger partial charge >= 0.3 is 5.97 Å². The Hall–Kier alpha value is -2.12. The standard InChI is InChI=1S/C75H141NO10/c1-4-7-10-13-16-19-22-25-27-29-31-33-34-35-37-38-40-42-44-47-50-53-56-59-62-68(79)74(83)76-66(67(78)61-58-55-52-49-46-24-21-18-15-12-9-6-3)65-84-75-73(72(82)71(81)69(64-77)85-75)86-70(80)63-60-57-54-51-48-45-43-41-39-36-32-30-28-26-23-20-17-14-11-8-5-2/h17,20,26,28,58,61,66-69,71-73,75,77-79,81-82H,4-16,18-19,21-25,27,29-57,59-60,62-65H2,1-3H3,(H,76,83)/b20-17-,28-26-,61-58+. The Kier molecular flexibility index (Phi) is 60.0. The van der Waals surface area contributed by atoms with Gasteiger partial charge in [-0.1, -0.05) is 340 Å². The third kappa shape index (κ3) is 49.6. The zero-order valence-corrected chi connectivity index (χ0v) is 56.5. The molecule has 1 aliphatic heterocycles. The summed E-state index contributed by atoms with van der Waals surface area (Å²) < 4.78 is 17.7. The van der Waals surface area contributed by atoms with E-state index in [-0.39, 0.29) is 13.0 Å². The highest BCUT2D eigenvalue weighted by atomic mass is 16.7. The van der Waals surface area contributed by atoms with Gasteiger partial charge in [0.15, 0.2) is 12.4 Å². The fraction of sp³-hybridized carbons (Fsp3) is 0.893. The number of aliphatic hydroxyl groups is 5. The number of carbonyl (C=O) groups is 2. The zero-order chi connectivity index (χ0) is 62.4. The minimum Gasteiger partial charge on any atom is -0.454 e. The van der Waals surface area contributed by atoms with Gasteiger partial charge in [-0.15, -0.1) is 0 Å². The smallest absolute Gasteiger partial charge is 0.306 e. The molecule has 0 saturated carbocycles. The van der Waals surface area contributed by atoms with Crippen molar-refractivity contribution in [2.45, 2.75) is 416 Å². The molecule has 11 heteroatoms. The van der Waals surface area contributed by atoms with Gasteiger partial charge in [0.1, 0.15) is 24.4 Å². The molecule has 0 aromatic heterocycles. The van der Waals surface area contributed by atoms with Crippen LogP contribution in [0.25, 0.3) is 0 Å². The fourth-order valence-electron chi connectivity index (χ4n) is 11.9. The Labute approximate surface area is 530 Å². The van der Waals surface area contributed by atoms with Gasteiger partial charge < -0.3 is 45.1 Å². The molecule has 506 valence electrons. The van der Waals surface area contributed by atoms with Gasteiger partial charge in [-0.05, 0) is 57.8 Å². The van der Waals surface area contributed by atoms with E-state index >= 15 is 0 Å². The lowest BCUT2D eigenvalue weighted by atomic mass is 9.99. The molecule has 0 bridgehead atoms. The number of hydrogen-bond acceptors (Lipinski definition) is 10. The molecule has 0 aromatic rings. The normalized spacial score (nSPS) is 18.4. The van der Waals surface area contributed by atoms with Crippen molar-refractivity contribution in [2.24, 2.45) is 0 Å². The Morgan fingerprint density at radius 2 is 0.802 bits per heavy atom. The molecule has 11 nitrogen and oxygen atoms in total. The number of amides is 1. The summed E-state index contributed by atoms with van der Waals surface area (Å²) in [6.07, 6.45) is 67.6. The van der Waals surface area contributed by atoms with Gasteiger partial charge in [-0.2, -0.15) is 0 Å². The number of allylic oxidation sites excluding steroid dienone is 5. The van der Waals surface area contributed by atoms with Crippen molar-refractivity contribution in [3.05, 3.63) is 36.5 Å². The van der Waals surface area contributed by atoms with Crippen LogP contribution in [0.1, 0.15) is 367 Å². The average molecular weight is 1220 g/mol. The highest BCUT2D eigenvalue weighted by Crippen LogP contribution is 2.27. The molecule has 0 spiro atoms. The molecule has 8 unspecified atom stereocenters. The third-order valence-corrected chi connectivity index (χ3v) is 17.8. The first kappa shape index (κ1) is 81.9. The molecule has 1 heterocycles. The van der Waals surface area contributed by atoms with Crippen molar-refractivity contribution in [2.75, 3.05) is 13.2 Å². The highest BCUT2D eigenvalue weighted by molar-refractivity contribution is 5.80. The number of ether oxygens (including phenoxy) is 3. The summed E-state index contributed by atoms with van der Waals surface area (Å²) in [5.41, 5.74) is 0. The van der Waals surface area contributed by atoms with Crippen LogP contribution in [0, 0.1) is 0 Å². The lowest BCUT2D eigenvalue weighted by Gasteiger charge is -2.41. The van der Waals surface area contributed by atoms with Crippen LogP contribution in [0.15, 0.2) is 36.5 Å². The van der Waals surface area contributed by atoms with Crippen LogP contribution >= 0.6 is 0 Å². The van der Waals surface area contributed by atoms with E-state index in [0.29, 0.717) is 19.3 Å². The van der Waals surface area contributed by atoms with Crippen molar-refractivity contribution in [3.63, 3.8) is 0 Å². The average Bonchev–Trinajstić information content (AvgIpc) is 3.38. The van der Waals surface area contributed by atoms with Crippen LogP contribution in [0.2, 0.25) is 0 Å². The molecule has 6 N–H and O–H groups in total. The van der Waals surface area contributed by atoms with E-state index in [1.807, 2.05) is 6.08 Å². The van der Waals surface area contributed by atoms with Gasteiger partial charge in [0, 0.05) is 6.42 Å². The minimum absolute atomic E-state index is 0.124. The number of nitrogens with one attached hydrogen (secondary N) is 1. The maximum Gasteiger partial charge on any atom is 0.306 e. The summed E-state index contributed by atoms with van der Waals surface area (Å²) in [5, 5.41) is 57.3. The molecule has 0 aliphatic carbocycles. The second-order valence-corrected chi connectivity index (χ2v) is 26.0. The predicted molar refractivity (Wildman–Crippen MR) is 361 cm³/mol. The van der Waals surface area contributed by atoms with Crippen molar-refractivity contribution in [3.8, 4) is 0 Å². The second-order valence-electron chi connectivity index (χ2n) is 26.0. The minimum atomic E-state index is -1.61. The number of rotatable bonds is 65. The highest BCUT2D eigenvalue weighted by Gasteiger charge is 2.47. The topological polar surface area (TPSA) is 175 Å². The maximum atomic E-state index is 13.5. The summed E-state index contributed by atoms with van der Waals surface area (Å²) in [7, 11) is 0. The summed E-state index contributed by atoms with van der Waals surface area (Å²) in [6.45, 7) is 5.83. The van der Waals surface area contributed by atoms with Crippen molar-refractivity contribution >= 4 is 11.9 Å². The lowest BCUT2D eigenvalue weighted by Crippen LogP contribution is -2.61. The Morgan fingerprint density at radius 3 is 1.21 bits per heavy atom. The van der Waals surface area contributed by atoms with Crippen molar-refractivity contribution in [1.82, 2.24) is 5.32 Å². The molecule has 1 amide bonds. The molecule has 1 fully saturated rings. The Bertz CT molecular complexity index is 1540. The SMILES string of the molecule is CCCCC/C=C\C/C=C\CCCCCCCCCCCCCC(=O)OC1C(OCC(NC(=O)C(O)CCCCCCCCCCCCCCCCCCCCCCCCCC)C(O)/C=C/CCCCCCCCCCCC)OC(CO)C(O)C1O. The van der Waals surface area contributed by atoms with Crippen molar-refractivity contribution in [1.29, 1.82) is 0 Å². The number of esters is 1. The summed E-state index contributed by atoms with van der Waals surface area (Å²) >= 11 is 0. The van der Waals surface area contributed by atoms with Crippen LogP contribution in [0.4, 0.5) is 0 Å². The first-order valence-electron chi connectivity index (χ1n) is 37.3. The van der Waals surface area contributed by atoms with Crippen LogP contribution in [0.5, 0.6) is 0 Å². The summed E-state index contributed by atoms with van der Waals surface area (Å²) in [6, 6.07) is -1.02. The van der Waals surface area contributed by atoms with Crippen molar-refractivity contribution < 1.29 is 49.3 Å². The number of carbonyl (C=O) groups excluding carboxylic acids is 2. The fourth-order valence-corrected chi connectivity index (χ4v) is 11.9. The molecule has 0 radical (unpaired) electrons. The largest absolute Gasteiger partial charge is 0.454 e. The van der Waals surface area contributed by atoms with Crippen LogP contribution in [-0.4, -0.2) is 99.6 Å². The molecule has 0 aromatic carbocycles. The van der Waals surface area contributed by atoms with Crippen LogP contribution in [-0.2, 0) is 23.8 Å². The van der Waals surface area contributed by atoms with E-state index in [2.05, 4.69) is 50.4 Å². The molecule has 1 aliphatic rings. The second kappa shape index (κ2) is 63.0. The van der Waals surface area contributed by atoms with Gasteiger partial charge in [-0.25, -0.2) is 0 Å². The van der Waals surface area contributed by atoms with Gasteiger partial charge in [0.25, 0.3) is 0 Å². The van der Waals surface area contributed by atoms with Crippen LogP contribution < -0.4 is 5.32 Å². The van der Waals surface area contributed by atoms with E-state index in [0.717, 1.165) is 64.2 Å². The summed E-state index contributed by atoms with van der Waals surface area (Å²) in [5.74, 6) is -1.18. The number of hydrogen-bond donors (Lipinski definition) is 6. The molecule has 1 saturated heterocycles. The maximum absolute atomic E-state index is 13.5. The van der Waals surface area contributed by atoms with E-state index in [4.69, 9.17) is 14.2 Å². The monoisotopic (exact) mass is 1220 g/mol. The van der Waals surface area contributed by atoms with Crippen LogP contribution in [0.3, 0.4) is 0 Å². The third-order valence-electron chi connectivity index (χ3n) is 17.8. The van der Waals surface area contributed by atoms with E-state index in [1.54, 1.807) is 6.08 Å². The van der Waals surface area contributed by atoms with E-state index in [9.17, 15) is 35.1 Å². The first-order valence-corrected chi connectivity index (χ1v) is 37.3. The van der Waals surface area contributed by atoms with E-state index in [1.165, 1.54) is 257 Å². The molecule has 1 rings (SSSR count). The Morgan fingerprint density at radius 1 is 0.453 bits per heavy atom. The number of unbranched alkanes of at least 4 members (excludes halogenated alkanes) is 47. The lowest BCUT2D eigenvalue weighted by molar-refractivity contribution is -0.305. The zero-order valence-electron chi connectivity index (χ0n) is 56.5. The molecule has 8 atom stereocenters. The van der Waals surface area contributed by atoms with Gasteiger partial charge in [-0.3, -0.25) is 9.59 Å². The Balaban J connectivity index is 2.53. The molecule has 86 heavy (non-hydrogen) atoms. The first-order chi connectivity index (χ1) is 42.2. The quantitative estimate of drug-likeness (QED) is 0.0195. The predicted octanol–water partition coefficient (Wildman–Crippen LogP) is 19.4.